The molecular weight excluding hydrogens is 518 g/mol. The predicted molar refractivity (Wildman–Crippen MR) is 152 cm³/mol. The molecule has 3 rings (SSSR count). The summed E-state index contributed by atoms with van der Waals surface area (Å²) in [5.41, 5.74) is 2.74. The van der Waals surface area contributed by atoms with Gasteiger partial charge in [0.2, 0.25) is 0 Å². The zero-order valence-corrected chi connectivity index (χ0v) is 23.9. The van der Waals surface area contributed by atoms with Gasteiger partial charge in [-0.15, -0.1) is 26.8 Å². The summed E-state index contributed by atoms with van der Waals surface area (Å²) in [7, 11) is 0. The molecule has 0 aliphatic heterocycles. The number of rotatable bonds is 12. The molecule has 0 fully saturated rings. The van der Waals surface area contributed by atoms with Gasteiger partial charge in [-0.05, 0) is 43.5 Å². The second-order valence-corrected chi connectivity index (χ2v) is 11.3. The fraction of sp³-hybridized carbons (Fsp3) is 0.379. The average molecular weight is 554 g/mol. The highest BCUT2D eigenvalue weighted by Crippen LogP contribution is 2.38. The lowest BCUT2D eigenvalue weighted by molar-refractivity contribution is -0.139. The molecule has 39 heavy (non-hydrogen) atoms. The molecular formula is C29H35N3O6S. The molecule has 208 valence electrons. The molecule has 1 aromatic heterocycles. The van der Waals surface area contributed by atoms with Crippen molar-refractivity contribution in [3.63, 3.8) is 0 Å². The summed E-state index contributed by atoms with van der Waals surface area (Å²) in [6.45, 7) is 17.1. The molecule has 0 bridgehead atoms. The Labute approximate surface area is 232 Å². The first-order valence-corrected chi connectivity index (χ1v) is 13.5. The van der Waals surface area contributed by atoms with Crippen molar-refractivity contribution in [2.45, 2.75) is 51.3 Å². The van der Waals surface area contributed by atoms with Crippen LogP contribution in [0.5, 0.6) is 11.5 Å². The molecule has 1 N–H and O–H groups in total. The van der Waals surface area contributed by atoms with Crippen molar-refractivity contribution in [2.24, 2.45) is 0 Å². The number of thioether (sulfide) groups is 1. The quantitative estimate of drug-likeness (QED) is 0.134. The third kappa shape index (κ3) is 8.10. The fourth-order valence-electron chi connectivity index (χ4n) is 3.45. The topological polar surface area (TPSA) is 113 Å². The Balaban J connectivity index is 1.77. The highest BCUT2D eigenvalue weighted by molar-refractivity contribution is 7.99. The van der Waals surface area contributed by atoms with Crippen LogP contribution in [-0.4, -0.2) is 57.6 Å². The fourth-order valence-corrected chi connectivity index (χ4v) is 4.21. The SMILES string of the molecule is C=C(C)C(=O)OCCCOc1cc(-n2nc3ccc(SCCOC(=O)C(=C)C)cc3n2)c(O)c(C(C)(C)C)c1. The first kappa shape index (κ1) is 29.8. The predicted octanol–water partition coefficient (Wildman–Crippen LogP) is 5.52. The van der Waals surface area contributed by atoms with E-state index in [2.05, 4.69) is 23.4 Å². The molecule has 0 radical (unpaired) electrons. The third-order valence-electron chi connectivity index (χ3n) is 5.51. The lowest BCUT2D eigenvalue weighted by Crippen LogP contribution is -2.14. The normalized spacial score (nSPS) is 11.3. The van der Waals surface area contributed by atoms with Crippen LogP contribution in [0.25, 0.3) is 16.7 Å². The van der Waals surface area contributed by atoms with Gasteiger partial charge in [0.15, 0.2) is 0 Å². The van der Waals surface area contributed by atoms with Crippen molar-refractivity contribution in [1.82, 2.24) is 15.0 Å². The van der Waals surface area contributed by atoms with E-state index < -0.39 is 11.9 Å². The standard InChI is InChI=1S/C29H35N3O6S/c1-18(2)27(34)37-12-8-11-36-20-15-22(29(5,6)7)26(33)25(16-20)32-30-23-10-9-21(17-24(23)31-32)39-14-13-38-28(35)19(3)4/h9-10,15-17,33H,1,3,8,11-14H2,2,4-7H3. The lowest BCUT2D eigenvalue weighted by Gasteiger charge is -2.23. The number of fused-ring (bicyclic) bond motifs is 1. The Morgan fingerprint density at radius 3 is 2.23 bits per heavy atom. The highest BCUT2D eigenvalue weighted by atomic mass is 32.2. The number of esters is 2. The van der Waals surface area contributed by atoms with Gasteiger partial charge in [-0.1, -0.05) is 33.9 Å². The number of hydrogen-bond acceptors (Lipinski definition) is 9. The number of carbonyl (C=O) groups excluding carboxylic acids is 2. The zero-order chi connectivity index (χ0) is 28.7. The zero-order valence-electron chi connectivity index (χ0n) is 23.1. The van der Waals surface area contributed by atoms with Crippen LogP contribution < -0.4 is 4.74 Å². The van der Waals surface area contributed by atoms with Gasteiger partial charge in [0, 0.05) is 39.8 Å². The molecule has 0 spiro atoms. The van der Waals surface area contributed by atoms with Crippen molar-refractivity contribution in [2.75, 3.05) is 25.6 Å². The highest BCUT2D eigenvalue weighted by Gasteiger charge is 2.24. The van der Waals surface area contributed by atoms with Crippen LogP contribution in [0, 0.1) is 0 Å². The first-order chi connectivity index (χ1) is 18.4. The van der Waals surface area contributed by atoms with Crippen LogP contribution in [-0.2, 0) is 24.5 Å². The molecule has 9 nitrogen and oxygen atoms in total. The van der Waals surface area contributed by atoms with Crippen LogP contribution >= 0.6 is 11.8 Å². The van der Waals surface area contributed by atoms with E-state index in [1.54, 1.807) is 26.0 Å². The van der Waals surface area contributed by atoms with Gasteiger partial charge >= 0.3 is 11.9 Å². The molecule has 0 unspecified atom stereocenters. The molecule has 0 aliphatic rings. The molecule has 10 heteroatoms. The van der Waals surface area contributed by atoms with E-state index in [0.717, 1.165) is 4.90 Å². The molecule has 1 heterocycles. The van der Waals surface area contributed by atoms with E-state index in [4.69, 9.17) is 14.2 Å². The van der Waals surface area contributed by atoms with Crippen LogP contribution in [0.15, 0.2) is 59.5 Å². The number of phenolic OH excluding ortho intramolecular Hbond substituents is 1. The molecule has 0 aliphatic carbocycles. The number of phenols is 1. The summed E-state index contributed by atoms with van der Waals surface area (Å²) in [6.07, 6.45) is 0.497. The van der Waals surface area contributed by atoms with E-state index >= 15 is 0 Å². The van der Waals surface area contributed by atoms with E-state index in [-0.39, 0.29) is 24.4 Å². The maximum Gasteiger partial charge on any atom is 0.333 e. The van der Waals surface area contributed by atoms with Crippen LogP contribution in [0.3, 0.4) is 0 Å². The van der Waals surface area contributed by atoms with Gasteiger partial charge in [0.1, 0.15) is 34.8 Å². The second kappa shape index (κ2) is 12.8. The maximum absolute atomic E-state index is 11.5. The Bertz CT molecular complexity index is 1390. The van der Waals surface area contributed by atoms with Gasteiger partial charge in [-0.3, -0.25) is 0 Å². The smallest absolute Gasteiger partial charge is 0.333 e. The maximum atomic E-state index is 11.5. The van der Waals surface area contributed by atoms with Crippen molar-refractivity contribution in [1.29, 1.82) is 0 Å². The van der Waals surface area contributed by atoms with Gasteiger partial charge < -0.3 is 19.3 Å². The first-order valence-electron chi connectivity index (χ1n) is 12.5. The van der Waals surface area contributed by atoms with Crippen molar-refractivity contribution < 1.29 is 28.9 Å². The Morgan fingerprint density at radius 1 is 0.949 bits per heavy atom. The van der Waals surface area contributed by atoms with E-state index in [1.165, 1.54) is 16.6 Å². The molecule has 0 saturated carbocycles. The summed E-state index contributed by atoms with van der Waals surface area (Å²) >= 11 is 1.53. The average Bonchev–Trinajstić information content (AvgIpc) is 3.29. The number of nitrogens with zero attached hydrogens (tertiary/aromatic N) is 3. The Hall–Kier alpha value is -3.79. The van der Waals surface area contributed by atoms with Gasteiger partial charge in [0.05, 0.1) is 13.2 Å². The van der Waals surface area contributed by atoms with Crippen molar-refractivity contribution in [3.8, 4) is 17.2 Å². The van der Waals surface area contributed by atoms with Crippen molar-refractivity contribution in [3.05, 3.63) is 60.2 Å². The van der Waals surface area contributed by atoms with Crippen LogP contribution in [0.2, 0.25) is 0 Å². The third-order valence-corrected chi connectivity index (χ3v) is 6.47. The summed E-state index contributed by atoms with van der Waals surface area (Å²) < 4.78 is 16.2. The number of ether oxygens (including phenoxy) is 3. The molecule has 3 aromatic rings. The van der Waals surface area contributed by atoms with E-state index in [1.807, 2.05) is 39.0 Å². The summed E-state index contributed by atoms with van der Waals surface area (Å²) in [6, 6.07) is 9.17. The second-order valence-electron chi connectivity index (χ2n) is 10.1. The minimum atomic E-state index is -0.429. The van der Waals surface area contributed by atoms with E-state index in [9.17, 15) is 14.7 Å². The minimum absolute atomic E-state index is 0.0690. The Morgan fingerprint density at radius 2 is 1.59 bits per heavy atom. The number of hydrogen-bond donors (Lipinski definition) is 1. The Kier molecular flexibility index (Phi) is 9.80. The number of aromatic hydroxyl groups is 1. The molecule has 0 amide bonds. The van der Waals surface area contributed by atoms with Crippen molar-refractivity contribution >= 4 is 34.7 Å². The summed E-state index contributed by atoms with van der Waals surface area (Å²) in [5, 5.41) is 20.3. The van der Waals surface area contributed by atoms with Gasteiger partial charge in [0.25, 0.3) is 0 Å². The number of benzene rings is 2. The lowest BCUT2D eigenvalue weighted by atomic mass is 9.86. The van der Waals surface area contributed by atoms with Gasteiger partial charge in [-0.25, -0.2) is 9.59 Å². The minimum Gasteiger partial charge on any atom is -0.505 e. The molecule has 2 aromatic carbocycles. The van der Waals surface area contributed by atoms with E-state index in [0.29, 0.717) is 58.0 Å². The molecule has 0 saturated heterocycles. The number of carbonyl (C=O) groups is 2. The van der Waals surface area contributed by atoms with Gasteiger partial charge in [-0.2, -0.15) is 0 Å². The number of aromatic nitrogens is 3. The summed E-state index contributed by atoms with van der Waals surface area (Å²) in [4.78, 5) is 25.4. The van der Waals surface area contributed by atoms with Crippen LogP contribution in [0.1, 0.15) is 46.6 Å². The molecule has 0 atom stereocenters. The monoisotopic (exact) mass is 553 g/mol. The largest absolute Gasteiger partial charge is 0.505 e. The van der Waals surface area contributed by atoms with Crippen LogP contribution in [0.4, 0.5) is 0 Å². The summed E-state index contributed by atoms with van der Waals surface area (Å²) in [5.74, 6) is 0.364.